The molecule has 16 heavy (non-hydrogen) atoms. The fourth-order valence-corrected chi connectivity index (χ4v) is 2.83. The SMILES string of the molecule is CCN(CCCCCCO)C1CCCCC1. The average molecular weight is 227 g/mol. The molecule has 0 unspecified atom stereocenters. The van der Waals surface area contributed by atoms with Gasteiger partial charge in [0.1, 0.15) is 0 Å². The molecule has 2 heteroatoms. The smallest absolute Gasteiger partial charge is 0.0431 e. The van der Waals surface area contributed by atoms with E-state index in [0.29, 0.717) is 6.61 Å². The first-order valence-electron chi connectivity index (χ1n) is 7.23. The molecule has 0 spiro atoms. The monoisotopic (exact) mass is 227 g/mol. The molecule has 0 aliphatic heterocycles. The van der Waals surface area contributed by atoms with Crippen molar-refractivity contribution >= 4 is 0 Å². The molecule has 1 N–H and O–H groups in total. The Morgan fingerprint density at radius 2 is 1.69 bits per heavy atom. The van der Waals surface area contributed by atoms with Gasteiger partial charge in [-0.25, -0.2) is 0 Å². The van der Waals surface area contributed by atoms with Crippen molar-refractivity contribution in [2.75, 3.05) is 19.7 Å². The van der Waals surface area contributed by atoms with Crippen LogP contribution in [0.4, 0.5) is 0 Å². The van der Waals surface area contributed by atoms with Gasteiger partial charge in [0.05, 0.1) is 0 Å². The molecule has 1 saturated carbocycles. The van der Waals surface area contributed by atoms with Crippen LogP contribution in [0.1, 0.15) is 64.7 Å². The fourth-order valence-electron chi connectivity index (χ4n) is 2.83. The summed E-state index contributed by atoms with van der Waals surface area (Å²) in [5.74, 6) is 0. The lowest BCUT2D eigenvalue weighted by Crippen LogP contribution is -2.37. The molecule has 0 atom stereocenters. The molecule has 0 aromatic heterocycles. The zero-order chi connectivity index (χ0) is 11.6. The number of rotatable bonds is 8. The van der Waals surface area contributed by atoms with Crippen LogP contribution in [0.5, 0.6) is 0 Å². The summed E-state index contributed by atoms with van der Waals surface area (Å²) in [6.07, 6.45) is 11.9. The summed E-state index contributed by atoms with van der Waals surface area (Å²) in [6, 6.07) is 0.872. The van der Waals surface area contributed by atoms with Gasteiger partial charge in [-0.1, -0.05) is 39.0 Å². The van der Waals surface area contributed by atoms with Gasteiger partial charge in [0.15, 0.2) is 0 Å². The van der Waals surface area contributed by atoms with E-state index in [0.717, 1.165) is 12.5 Å². The van der Waals surface area contributed by atoms with Crippen LogP contribution in [-0.4, -0.2) is 35.7 Å². The highest BCUT2D eigenvalue weighted by molar-refractivity contribution is 4.74. The molecule has 0 bridgehead atoms. The number of hydrogen-bond acceptors (Lipinski definition) is 2. The second-order valence-corrected chi connectivity index (χ2v) is 5.06. The van der Waals surface area contributed by atoms with E-state index in [9.17, 15) is 0 Å². The van der Waals surface area contributed by atoms with Gasteiger partial charge in [-0.15, -0.1) is 0 Å². The van der Waals surface area contributed by atoms with E-state index >= 15 is 0 Å². The summed E-state index contributed by atoms with van der Waals surface area (Å²) in [4.78, 5) is 2.68. The summed E-state index contributed by atoms with van der Waals surface area (Å²) < 4.78 is 0. The molecule has 0 aromatic rings. The van der Waals surface area contributed by atoms with Crippen LogP contribution in [0.2, 0.25) is 0 Å². The van der Waals surface area contributed by atoms with Crippen LogP contribution >= 0.6 is 0 Å². The largest absolute Gasteiger partial charge is 0.396 e. The van der Waals surface area contributed by atoms with Gasteiger partial charge in [-0.2, -0.15) is 0 Å². The van der Waals surface area contributed by atoms with Crippen LogP contribution in [0.25, 0.3) is 0 Å². The lowest BCUT2D eigenvalue weighted by atomic mass is 9.94. The van der Waals surface area contributed by atoms with E-state index in [2.05, 4.69) is 11.8 Å². The van der Waals surface area contributed by atoms with Gasteiger partial charge in [0.25, 0.3) is 0 Å². The van der Waals surface area contributed by atoms with Crippen molar-refractivity contribution in [3.05, 3.63) is 0 Å². The number of unbranched alkanes of at least 4 members (excludes halogenated alkanes) is 3. The first-order valence-corrected chi connectivity index (χ1v) is 7.23. The first-order chi connectivity index (χ1) is 7.88. The van der Waals surface area contributed by atoms with Gasteiger partial charge in [-0.05, 0) is 38.8 Å². The van der Waals surface area contributed by atoms with Crippen LogP contribution in [0, 0.1) is 0 Å². The van der Waals surface area contributed by atoms with Crippen LogP contribution in [0.15, 0.2) is 0 Å². The molecule has 2 nitrogen and oxygen atoms in total. The highest BCUT2D eigenvalue weighted by Crippen LogP contribution is 2.22. The van der Waals surface area contributed by atoms with Crippen molar-refractivity contribution in [3.8, 4) is 0 Å². The minimum absolute atomic E-state index is 0.361. The van der Waals surface area contributed by atoms with Crippen molar-refractivity contribution in [2.45, 2.75) is 70.8 Å². The Hall–Kier alpha value is -0.0800. The standard InChI is InChI=1S/C14H29NO/c1-2-15(12-8-3-4-9-13-16)14-10-6-5-7-11-14/h14,16H,2-13H2,1H3. The zero-order valence-corrected chi connectivity index (χ0v) is 11.0. The summed E-state index contributed by atoms with van der Waals surface area (Å²) in [7, 11) is 0. The average Bonchev–Trinajstić information content (AvgIpc) is 2.35. The third-order valence-electron chi connectivity index (χ3n) is 3.85. The molecule has 1 aliphatic carbocycles. The molecular weight excluding hydrogens is 198 g/mol. The Morgan fingerprint density at radius 3 is 2.31 bits per heavy atom. The van der Waals surface area contributed by atoms with E-state index < -0.39 is 0 Å². The van der Waals surface area contributed by atoms with Gasteiger partial charge in [0, 0.05) is 12.6 Å². The zero-order valence-electron chi connectivity index (χ0n) is 11.0. The molecule has 1 rings (SSSR count). The molecular formula is C14H29NO. The third kappa shape index (κ3) is 5.31. The summed E-state index contributed by atoms with van der Waals surface area (Å²) >= 11 is 0. The molecule has 1 fully saturated rings. The number of aliphatic hydroxyl groups excluding tert-OH is 1. The molecule has 0 aromatic carbocycles. The molecule has 0 amide bonds. The topological polar surface area (TPSA) is 23.5 Å². The summed E-state index contributed by atoms with van der Waals surface area (Å²) in [6.45, 7) is 5.14. The van der Waals surface area contributed by atoms with Crippen LogP contribution < -0.4 is 0 Å². The third-order valence-corrected chi connectivity index (χ3v) is 3.85. The lowest BCUT2D eigenvalue weighted by molar-refractivity contribution is 0.160. The maximum Gasteiger partial charge on any atom is 0.0431 e. The van der Waals surface area contributed by atoms with E-state index in [-0.39, 0.29) is 0 Å². The van der Waals surface area contributed by atoms with Crippen molar-refractivity contribution in [1.82, 2.24) is 4.90 Å². The Balaban J connectivity index is 2.10. The van der Waals surface area contributed by atoms with Gasteiger partial charge < -0.3 is 10.0 Å². The van der Waals surface area contributed by atoms with E-state index in [1.54, 1.807) is 0 Å². The van der Waals surface area contributed by atoms with Gasteiger partial charge in [-0.3, -0.25) is 0 Å². The quantitative estimate of drug-likeness (QED) is 0.644. The summed E-state index contributed by atoms with van der Waals surface area (Å²) in [5.41, 5.74) is 0. The Kier molecular flexibility index (Phi) is 7.87. The maximum absolute atomic E-state index is 8.71. The minimum atomic E-state index is 0.361. The van der Waals surface area contributed by atoms with Gasteiger partial charge in [0.2, 0.25) is 0 Å². The maximum atomic E-state index is 8.71. The second-order valence-electron chi connectivity index (χ2n) is 5.06. The Bertz CT molecular complexity index is 155. The number of hydrogen-bond donors (Lipinski definition) is 1. The highest BCUT2D eigenvalue weighted by atomic mass is 16.2. The predicted molar refractivity (Wildman–Crippen MR) is 69.7 cm³/mol. The second kappa shape index (κ2) is 9.00. The van der Waals surface area contributed by atoms with Crippen LogP contribution in [0.3, 0.4) is 0 Å². The van der Waals surface area contributed by atoms with Crippen molar-refractivity contribution in [2.24, 2.45) is 0 Å². The normalized spacial score (nSPS) is 18.2. The van der Waals surface area contributed by atoms with E-state index in [1.165, 1.54) is 64.5 Å². The van der Waals surface area contributed by atoms with Crippen molar-refractivity contribution < 1.29 is 5.11 Å². The number of nitrogens with zero attached hydrogens (tertiary/aromatic N) is 1. The molecule has 0 radical (unpaired) electrons. The van der Waals surface area contributed by atoms with Gasteiger partial charge >= 0.3 is 0 Å². The number of aliphatic hydroxyl groups is 1. The first kappa shape index (κ1) is 14.0. The van der Waals surface area contributed by atoms with E-state index in [1.807, 2.05) is 0 Å². The lowest BCUT2D eigenvalue weighted by Gasteiger charge is -2.33. The van der Waals surface area contributed by atoms with Crippen LogP contribution in [-0.2, 0) is 0 Å². The highest BCUT2D eigenvalue weighted by Gasteiger charge is 2.18. The van der Waals surface area contributed by atoms with Crippen molar-refractivity contribution in [1.29, 1.82) is 0 Å². The van der Waals surface area contributed by atoms with E-state index in [4.69, 9.17) is 5.11 Å². The minimum Gasteiger partial charge on any atom is -0.396 e. The molecule has 0 saturated heterocycles. The molecule has 1 aliphatic rings. The Morgan fingerprint density at radius 1 is 1.00 bits per heavy atom. The fraction of sp³-hybridized carbons (Fsp3) is 1.00. The Labute approximate surface area is 101 Å². The summed E-state index contributed by atoms with van der Waals surface area (Å²) in [5, 5.41) is 8.71. The molecule has 0 heterocycles. The predicted octanol–water partition coefficient (Wildman–Crippen LogP) is 3.19. The molecule has 96 valence electrons. The van der Waals surface area contributed by atoms with Crippen molar-refractivity contribution in [3.63, 3.8) is 0 Å².